The highest BCUT2D eigenvalue weighted by atomic mass is 35.5. The van der Waals surface area contributed by atoms with Crippen molar-refractivity contribution < 1.29 is 0 Å². The van der Waals surface area contributed by atoms with E-state index in [1.54, 1.807) is 6.20 Å². The number of benzene rings is 2. The minimum absolute atomic E-state index is 0.683. The average molecular weight is 241 g/mol. The number of hydrogen-bond donors (Lipinski definition) is 0. The molecule has 3 aromatic rings. The van der Waals surface area contributed by atoms with Gasteiger partial charge in [-0.05, 0) is 12.1 Å². The largest absolute Gasteiger partial charge is 0.236 e. The van der Waals surface area contributed by atoms with Crippen molar-refractivity contribution in [2.45, 2.75) is 0 Å². The first kappa shape index (κ1) is 10.2. The SMILES string of the molecule is Clc1cccc2nc(-c3ccccc3)ncc12. The van der Waals surface area contributed by atoms with Gasteiger partial charge in [0.2, 0.25) is 0 Å². The maximum atomic E-state index is 6.08. The molecule has 0 aliphatic rings. The molecule has 82 valence electrons. The molecule has 0 bridgehead atoms. The van der Waals surface area contributed by atoms with Crippen LogP contribution in [-0.4, -0.2) is 9.97 Å². The van der Waals surface area contributed by atoms with Crippen molar-refractivity contribution in [1.82, 2.24) is 9.97 Å². The van der Waals surface area contributed by atoms with E-state index in [1.165, 1.54) is 0 Å². The highest BCUT2D eigenvalue weighted by Crippen LogP contribution is 2.23. The smallest absolute Gasteiger partial charge is 0.159 e. The summed E-state index contributed by atoms with van der Waals surface area (Å²) in [6, 6.07) is 15.6. The number of rotatable bonds is 1. The highest BCUT2D eigenvalue weighted by molar-refractivity contribution is 6.35. The summed E-state index contributed by atoms with van der Waals surface area (Å²) in [5.74, 6) is 0.723. The first-order valence-electron chi connectivity index (χ1n) is 5.31. The van der Waals surface area contributed by atoms with E-state index >= 15 is 0 Å². The van der Waals surface area contributed by atoms with Crippen molar-refractivity contribution in [1.29, 1.82) is 0 Å². The molecule has 0 fully saturated rings. The van der Waals surface area contributed by atoms with E-state index < -0.39 is 0 Å². The summed E-state index contributed by atoms with van der Waals surface area (Å²) >= 11 is 6.08. The van der Waals surface area contributed by atoms with E-state index in [9.17, 15) is 0 Å². The quantitative estimate of drug-likeness (QED) is 0.644. The standard InChI is InChI=1S/C14H9ClN2/c15-12-7-4-8-13-11(12)9-16-14(17-13)10-5-2-1-3-6-10/h1-9H. The Morgan fingerprint density at radius 2 is 1.71 bits per heavy atom. The number of hydrogen-bond acceptors (Lipinski definition) is 2. The van der Waals surface area contributed by atoms with Crippen LogP contribution >= 0.6 is 11.6 Å². The van der Waals surface area contributed by atoms with Gasteiger partial charge < -0.3 is 0 Å². The van der Waals surface area contributed by atoms with Crippen molar-refractivity contribution in [2.24, 2.45) is 0 Å². The molecule has 1 aromatic heterocycles. The van der Waals surface area contributed by atoms with Crippen molar-refractivity contribution in [2.75, 3.05) is 0 Å². The molecular weight excluding hydrogens is 232 g/mol. The van der Waals surface area contributed by atoms with Gasteiger partial charge in [-0.3, -0.25) is 0 Å². The summed E-state index contributed by atoms with van der Waals surface area (Å²) < 4.78 is 0. The predicted octanol–water partition coefficient (Wildman–Crippen LogP) is 3.95. The summed E-state index contributed by atoms with van der Waals surface area (Å²) in [4.78, 5) is 8.85. The van der Waals surface area contributed by atoms with Crippen LogP contribution in [0.5, 0.6) is 0 Å². The van der Waals surface area contributed by atoms with Gasteiger partial charge in [0.05, 0.1) is 10.5 Å². The van der Waals surface area contributed by atoms with Gasteiger partial charge in [-0.2, -0.15) is 0 Å². The molecule has 0 saturated carbocycles. The summed E-state index contributed by atoms with van der Waals surface area (Å²) in [5, 5.41) is 1.57. The van der Waals surface area contributed by atoms with Crippen LogP contribution in [0.2, 0.25) is 5.02 Å². The second-order valence-corrected chi connectivity index (χ2v) is 4.14. The lowest BCUT2D eigenvalue weighted by molar-refractivity contribution is 1.23. The lowest BCUT2D eigenvalue weighted by Crippen LogP contribution is -1.89. The topological polar surface area (TPSA) is 25.8 Å². The minimum Gasteiger partial charge on any atom is -0.236 e. The zero-order valence-corrected chi connectivity index (χ0v) is 9.72. The van der Waals surface area contributed by atoms with Gasteiger partial charge in [-0.1, -0.05) is 48.0 Å². The minimum atomic E-state index is 0.683. The van der Waals surface area contributed by atoms with Crippen LogP contribution in [0.25, 0.3) is 22.3 Å². The van der Waals surface area contributed by atoms with Crippen molar-refractivity contribution in [3.8, 4) is 11.4 Å². The normalized spacial score (nSPS) is 10.6. The lowest BCUT2D eigenvalue weighted by Gasteiger charge is -2.03. The second kappa shape index (κ2) is 4.15. The number of fused-ring (bicyclic) bond motifs is 1. The Kier molecular flexibility index (Phi) is 2.50. The van der Waals surface area contributed by atoms with Crippen LogP contribution < -0.4 is 0 Å². The van der Waals surface area contributed by atoms with E-state index in [0.717, 1.165) is 22.3 Å². The zero-order valence-electron chi connectivity index (χ0n) is 8.97. The van der Waals surface area contributed by atoms with Crippen molar-refractivity contribution in [3.63, 3.8) is 0 Å². The molecule has 3 rings (SSSR count). The Morgan fingerprint density at radius 3 is 2.53 bits per heavy atom. The molecule has 0 atom stereocenters. The fourth-order valence-electron chi connectivity index (χ4n) is 1.75. The number of nitrogens with zero attached hydrogens (tertiary/aromatic N) is 2. The van der Waals surface area contributed by atoms with Crippen molar-refractivity contribution >= 4 is 22.5 Å². The molecule has 2 aromatic carbocycles. The molecule has 0 spiro atoms. The monoisotopic (exact) mass is 240 g/mol. The number of halogens is 1. The molecule has 0 saturated heterocycles. The van der Waals surface area contributed by atoms with Crippen LogP contribution in [0.3, 0.4) is 0 Å². The van der Waals surface area contributed by atoms with Crippen molar-refractivity contribution in [3.05, 3.63) is 59.8 Å². The number of aromatic nitrogens is 2. The van der Waals surface area contributed by atoms with Gasteiger partial charge in [0.1, 0.15) is 0 Å². The maximum Gasteiger partial charge on any atom is 0.159 e. The maximum absolute atomic E-state index is 6.08. The molecule has 0 N–H and O–H groups in total. The third kappa shape index (κ3) is 1.87. The van der Waals surface area contributed by atoms with Gasteiger partial charge >= 0.3 is 0 Å². The lowest BCUT2D eigenvalue weighted by atomic mass is 10.2. The summed E-state index contributed by atoms with van der Waals surface area (Å²) in [6.07, 6.45) is 1.77. The van der Waals surface area contributed by atoms with Gasteiger partial charge in [0, 0.05) is 17.1 Å². The van der Waals surface area contributed by atoms with Crippen LogP contribution in [0.15, 0.2) is 54.7 Å². The van der Waals surface area contributed by atoms with Crippen LogP contribution in [-0.2, 0) is 0 Å². The second-order valence-electron chi connectivity index (χ2n) is 3.73. The van der Waals surface area contributed by atoms with Crippen LogP contribution in [0, 0.1) is 0 Å². The Labute approximate surface area is 104 Å². The Bertz CT molecular complexity index is 665. The highest BCUT2D eigenvalue weighted by Gasteiger charge is 2.04. The van der Waals surface area contributed by atoms with E-state index in [0.29, 0.717) is 5.02 Å². The van der Waals surface area contributed by atoms with Gasteiger partial charge in [0.15, 0.2) is 5.82 Å². The van der Waals surface area contributed by atoms with Gasteiger partial charge in [0.25, 0.3) is 0 Å². The molecule has 1 heterocycles. The molecular formula is C14H9ClN2. The van der Waals surface area contributed by atoms with E-state index in [2.05, 4.69) is 9.97 Å². The fraction of sp³-hybridized carbons (Fsp3) is 0. The predicted molar refractivity (Wildman–Crippen MR) is 70.0 cm³/mol. The first-order valence-corrected chi connectivity index (χ1v) is 5.69. The Morgan fingerprint density at radius 1 is 0.882 bits per heavy atom. The van der Waals surface area contributed by atoms with Gasteiger partial charge in [-0.15, -0.1) is 0 Å². The molecule has 3 heteroatoms. The van der Waals surface area contributed by atoms with Crippen LogP contribution in [0.1, 0.15) is 0 Å². The Balaban J connectivity index is 2.21. The average Bonchev–Trinajstić information content (AvgIpc) is 2.40. The molecule has 0 amide bonds. The first-order chi connectivity index (χ1) is 8.34. The Hall–Kier alpha value is -1.93. The summed E-state index contributed by atoms with van der Waals surface area (Å²) in [6.45, 7) is 0. The molecule has 0 unspecified atom stereocenters. The molecule has 0 aliphatic carbocycles. The molecule has 0 aliphatic heterocycles. The molecule has 0 radical (unpaired) electrons. The van der Waals surface area contributed by atoms with Crippen LogP contribution in [0.4, 0.5) is 0 Å². The third-order valence-electron chi connectivity index (χ3n) is 2.60. The summed E-state index contributed by atoms with van der Waals surface area (Å²) in [7, 11) is 0. The van der Waals surface area contributed by atoms with E-state index in [-0.39, 0.29) is 0 Å². The van der Waals surface area contributed by atoms with E-state index in [4.69, 9.17) is 11.6 Å². The molecule has 2 nitrogen and oxygen atoms in total. The third-order valence-corrected chi connectivity index (χ3v) is 2.93. The summed E-state index contributed by atoms with van der Waals surface area (Å²) in [5.41, 5.74) is 1.88. The van der Waals surface area contributed by atoms with E-state index in [1.807, 2.05) is 48.5 Å². The van der Waals surface area contributed by atoms with Gasteiger partial charge in [-0.25, -0.2) is 9.97 Å². The molecule has 17 heavy (non-hydrogen) atoms. The zero-order chi connectivity index (χ0) is 11.7. The fourth-order valence-corrected chi connectivity index (χ4v) is 1.96.